The van der Waals surface area contributed by atoms with Crippen molar-refractivity contribution in [1.29, 1.82) is 0 Å². The molecule has 0 bridgehead atoms. The van der Waals surface area contributed by atoms with E-state index in [0.717, 1.165) is 19.3 Å². The third-order valence-electron chi connectivity index (χ3n) is 4.63. The van der Waals surface area contributed by atoms with E-state index in [2.05, 4.69) is 20.5 Å². The quantitative estimate of drug-likeness (QED) is 0.739. The van der Waals surface area contributed by atoms with Crippen molar-refractivity contribution in [3.8, 4) is 0 Å². The molecule has 8 nitrogen and oxygen atoms in total. The Morgan fingerprint density at radius 3 is 2.93 bits per heavy atom. The summed E-state index contributed by atoms with van der Waals surface area (Å²) in [6.45, 7) is 0.660. The van der Waals surface area contributed by atoms with Gasteiger partial charge >= 0.3 is 0 Å². The van der Waals surface area contributed by atoms with Gasteiger partial charge in [0.1, 0.15) is 12.2 Å². The standard InChI is InChI=1S/C19H19N5O3/c25-18(16-8-4-10-27-16)22-14-6-3-5-13(11-14)19(26)24-9-2-1-7-15(24)17-20-12-21-23-17/h3-6,8,10-12,15H,1-2,7,9H2,(H,22,25)(H,20,21,23)/t15-/m0/s1. The third kappa shape index (κ3) is 3.59. The van der Waals surface area contributed by atoms with Crippen LogP contribution in [0.4, 0.5) is 5.69 Å². The number of carbonyl (C=O) groups excluding carboxylic acids is 2. The van der Waals surface area contributed by atoms with Crippen LogP contribution in [0.1, 0.15) is 52.0 Å². The highest BCUT2D eigenvalue weighted by atomic mass is 16.3. The molecular weight excluding hydrogens is 346 g/mol. The normalized spacial score (nSPS) is 16.9. The van der Waals surface area contributed by atoms with Crippen LogP contribution in [0.5, 0.6) is 0 Å². The van der Waals surface area contributed by atoms with Crippen LogP contribution in [-0.4, -0.2) is 38.4 Å². The topological polar surface area (TPSA) is 104 Å². The van der Waals surface area contributed by atoms with Crippen molar-refractivity contribution in [2.45, 2.75) is 25.3 Å². The van der Waals surface area contributed by atoms with E-state index in [1.54, 1.807) is 36.4 Å². The molecule has 0 unspecified atom stereocenters. The maximum Gasteiger partial charge on any atom is 0.291 e. The van der Waals surface area contributed by atoms with Crippen molar-refractivity contribution in [1.82, 2.24) is 20.1 Å². The number of nitrogens with zero attached hydrogens (tertiary/aromatic N) is 3. The lowest BCUT2D eigenvalue weighted by atomic mass is 10.00. The van der Waals surface area contributed by atoms with Crippen molar-refractivity contribution in [2.24, 2.45) is 0 Å². The summed E-state index contributed by atoms with van der Waals surface area (Å²) in [7, 11) is 0. The fraction of sp³-hybridized carbons (Fsp3) is 0.263. The zero-order valence-electron chi connectivity index (χ0n) is 14.6. The number of nitrogens with one attached hydrogen (secondary N) is 2. The summed E-state index contributed by atoms with van der Waals surface area (Å²) in [6, 6.07) is 10.0. The van der Waals surface area contributed by atoms with Gasteiger partial charge in [-0.3, -0.25) is 14.7 Å². The predicted octanol–water partition coefficient (Wildman–Crippen LogP) is 3.02. The molecule has 0 radical (unpaired) electrons. The zero-order chi connectivity index (χ0) is 18.6. The van der Waals surface area contributed by atoms with Crippen LogP contribution in [0.15, 0.2) is 53.4 Å². The Kier molecular flexibility index (Phi) is 4.69. The van der Waals surface area contributed by atoms with Gasteiger partial charge in [0.25, 0.3) is 11.8 Å². The number of anilines is 1. The van der Waals surface area contributed by atoms with Gasteiger partial charge in [0.2, 0.25) is 0 Å². The second kappa shape index (κ2) is 7.45. The molecule has 1 aliphatic rings. The first-order chi connectivity index (χ1) is 13.2. The first-order valence-corrected chi connectivity index (χ1v) is 8.83. The van der Waals surface area contributed by atoms with Crippen LogP contribution in [0.25, 0.3) is 0 Å². The lowest BCUT2D eigenvalue weighted by Gasteiger charge is -2.34. The maximum atomic E-state index is 13.1. The molecule has 0 spiro atoms. The number of H-pyrrole nitrogens is 1. The van der Waals surface area contributed by atoms with Gasteiger partial charge in [0.15, 0.2) is 5.76 Å². The SMILES string of the molecule is O=C(Nc1cccc(C(=O)N2CCCC[C@H]2c2ncn[nH]2)c1)c1ccco1. The molecule has 4 rings (SSSR count). The minimum atomic E-state index is -0.359. The summed E-state index contributed by atoms with van der Waals surface area (Å²) in [5.74, 6) is 0.464. The summed E-state index contributed by atoms with van der Waals surface area (Å²) in [6.07, 6.45) is 5.72. The number of hydrogen-bond acceptors (Lipinski definition) is 5. The second-order valence-corrected chi connectivity index (χ2v) is 6.39. The third-order valence-corrected chi connectivity index (χ3v) is 4.63. The smallest absolute Gasteiger partial charge is 0.291 e. The molecule has 1 aromatic carbocycles. The Balaban J connectivity index is 1.53. The highest BCUT2D eigenvalue weighted by Gasteiger charge is 2.30. The summed E-state index contributed by atoms with van der Waals surface area (Å²) in [5.41, 5.74) is 1.05. The molecule has 3 aromatic rings. The van der Waals surface area contributed by atoms with Gasteiger partial charge in [0.05, 0.1) is 12.3 Å². The lowest BCUT2D eigenvalue weighted by Crippen LogP contribution is -2.39. The summed E-state index contributed by atoms with van der Waals surface area (Å²) in [5, 5.41) is 9.53. The molecule has 1 fully saturated rings. The number of aromatic nitrogens is 3. The number of amides is 2. The van der Waals surface area contributed by atoms with Gasteiger partial charge in [-0.25, -0.2) is 4.98 Å². The van der Waals surface area contributed by atoms with Crippen LogP contribution < -0.4 is 5.32 Å². The van der Waals surface area contributed by atoms with E-state index in [9.17, 15) is 9.59 Å². The summed E-state index contributed by atoms with van der Waals surface area (Å²) >= 11 is 0. The van der Waals surface area contributed by atoms with Crippen LogP contribution in [0, 0.1) is 0 Å². The van der Waals surface area contributed by atoms with Crippen molar-refractivity contribution >= 4 is 17.5 Å². The highest BCUT2D eigenvalue weighted by molar-refractivity contribution is 6.03. The van der Waals surface area contributed by atoms with E-state index in [0.29, 0.717) is 23.6 Å². The molecule has 8 heteroatoms. The first-order valence-electron chi connectivity index (χ1n) is 8.83. The molecule has 1 aliphatic heterocycles. The largest absolute Gasteiger partial charge is 0.459 e. The van der Waals surface area contributed by atoms with Crippen molar-refractivity contribution in [2.75, 3.05) is 11.9 Å². The molecule has 2 amide bonds. The first kappa shape index (κ1) is 17.0. The number of furan rings is 1. The molecule has 1 atom stereocenters. The minimum Gasteiger partial charge on any atom is -0.459 e. The Morgan fingerprint density at radius 1 is 1.22 bits per heavy atom. The van der Waals surface area contributed by atoms with Gasteiger partial charge in [-0.1, -0.05) is 6.07 Å². The summed E-state index contributed by atoms with van der Waals surface area (Å²) < 4.78 is 5.09. The Hall–Kier alpha value is -3.42. The molecule has 2 aromatic heterocycles. The second-order valence-electron chi connectivity index (χ2n) is 6.39. The maximum absolute atomic E-state index is 13.1. The fourth-order valence-electron chi connectivity index (χ4n) is 3.33. The van der Waals surface area contributed by atoms with E-state index in [1.165, 1.54) is 12.6 Å². The van der Waals surface area contributed by atoms with Gasteiger partial charge < -0.3 is 14.6 Å². The monoisotopic (exact) mass is 365 g/mol. The minimum absolute atomic E-state index is 0.0924. The van der Waals surface area contributed by atoms with Crippen LogP contribution >= 0.6 is 0 Å². The molecule has 138 valence electrons. The van der Waals surface area contributed by atoms with E-state index >= 15 is 0 Å². The van der Waals surface area contributed by atoms with E-state index in [4.69, 9.17) is 4.42 Å². The Labute approximate surface area is 155 Å². The van der Waals surface area contributed by atoms with E-state index < -0.39 is 0 Å². The Morgan fingerprint density at radius 2 is 2.15 bits per heavy atom. The Bertz CT molecular complexity index is 921. The number of likely N-dealkylation sites (tertiary alicyclic amines) is 1. The number of hydrogen-bond donors (Lipinski definition) is 2. The predicted molar refractivity (Wildman–Crippen MR) is 97.1 cm³/mol. The van der Waals surface area contributed by atoms with Gasteiger partial charge in [-0.2, -0.15) is 5.10 Å². The number of benzene rings is 1. The highest BCUT2D eigenvalue weighted by Crippen LogP contribution is 2.30. The zero-order valence-corrected chi connectivity index (χ0v) is 14.6. The van der Waals surface area contributed by atoms with Gasteiger partial charge in [0, 0.05) is 17.8 Å². The number of carbonyl (C=O) groups is 2. The molecular formula is C19H19N5O3. The molecule has 0 saturated carbocycles. The lowest BCUT2D eigenvalue weighted by molar-refractivity contribution is 0.0600. The van der Waals surface area contributed by atoms with Gasteiger partial charge in [-0.05, 0) is 49.6 Å². The molecule has 1 saturated heterocycles. The molecule has 0 aliphatic carbocycles. The van der Waals surface area contributed by atoms with E-state index in [1.807, 2.05) is 4.90 Å². The average Bonchev–Trinajstić information content (AvgIpc) is 3.41. The molecule has 27 heavy (non-hydrogen) atoms. The van der Waals surface area contributed by atoms with E-state index in [-0.39, 0.29) is 23.6 Å². The van der Waals surface area contributed by atoms with Crippen molar-refractivity contribution in [3.05, 3.63) is 66.1 Å². The average molecular weight is 365 g/mol. The number of piperidine rings is 1. The number of rotatable bonds is 4. The molecule has 2 N–H and O–H groups in total. The van der Waals surface area contributed by atoms with Crippen molar-refractivity contribution in [3.63, 3.8) is 0 Å². The van der Waals surface area contributed by atoms with Crippen LogP contribution in [-0.2, 0) is 0 Å². The summed E-state index contributed by atoms with van der Waals surface area (Å²) in [4.78, 5) is 31.3. The van der Waals surface area contributed by atoms with Gasteiger partial charge in [-0.15, -0.1) is 0 Å². The van der Waals surface area contributed by atoms with Crippen LogP contribution in [0.2, 0.25) is 0 Å². The van der Waals surface area contributed by atoms with Crippen molar-refractivity contribution < 1.29 is 14.0 Å². The van der Waals surface area contributed by atoms with Crippen LogP contribution in [0.3, 0.4) is 0 Å². The fourth-order valence-corrected chi connectivity index (χ4v) is 3.33. The molecule has 3 heterocycles. The number of aromatic amines is 1.